The number of H-pyrrole nitrogens is 1. The molecule has 3 aromatic rings. The highest BCUT2D eigenvalue weighted by Gasteiger charge is 2.11. The largest absolute Gasteiger partial charge is 0.508 e. The monoisotopic (exact) mass is 412 g/mol. The summed E-state index contributed by atoms with van der Waals surface area (Å²) in [6.07, 6.45) is 9.15. The van der Waals surface area contributed by atoms with Crippen LogP contribution in [0.3, 0.4) is 0 Å². The first kappa shape index (κ1) is 19.2. The Hall–Kier alpha value is -1.56. The highest BCUT2D eigenvalue weighted by atomic mass is 35.5. The van der Waals surface area contributed by atoms with Gasteiger partial charge in [-0.2, -0.15) is 0 Å². The maximum absolute atomic E-state index is 13.7. The predicted octanol–water partition coefficient (Wildman–Crippen LogP) is 7.39. The molecule has 4 rings (SSSR count). The number of aromatic nitrogens is 1. The zero-order valence-corrected chi connectivity index (χ0v) is 16.3. The van der Waals surface area contributed by atoms with E-state index in [9.17, 15) is 9.50 Å². The van der Waals surface area contributed by atoms with Gasteiger partial charge in [0.1, 0.15) is 11.6 Å². The van der Waals surface area contributed by atoms with Crippen LogP contribution >= 0.6 is 35.1 Å². The fourth-order valence-electron chi connectivity index (χ4n) is 2.82. The molecule has 138 valence electrons. The molecule has 1 aliphatic rings. The fraction of sp³-hybridized carbons (Fsp3) is 0.263. The molecule has 1 fully saturated rings. The van der Waals surface area contributed by atoms with E-state index in [4.69, 9.17) is 23.2 Å². The van der Waals surface area contributed by atoms with Crippen LogP contribution < -0.4 is 4.72 Å². The normalized spacial score (nSPS) is 13.5. The quantitative estimate of drug-likeness (QED) is 0.393. The van der Waals surface area contributed by atoms with Crippen LogP contribution in [0.2, 0.25) is 10.0 Å². The Morgan fingerprint density at radius 3 is 2.35 bits per heavy atom. The molecule has 0 atom stereocenters. The molecule has 7 heteroatoms. The lowest BCUT2D eigenvalue weighted by molar-refractivity contribution is 0.466. The molecule has 0 amide bonds. The number of hydrogen-bond acceptors (Lipinski definition) is 3. The van der Waals surface area contributed by atoms with Gasteiger partial charge in [0.2, 0.25) is 0 Å². The molecule has 1 aromatic heterocycles. The molecule has 0 aliphatic heterocycles. The molecule has 3 N–H and O–H groups in total. The molecule has 0 radical (unpaired) electrons. The lowest BCUT2D eigenvalue weighted by Gasteiger charge is -2.08. The summed E-state index contributed by atoms with van der Waals surface area (Å²) in [6.45, 7) is 0. The van der Waals surface area contributed by atoms with E-state index < -0.39 is 5.82 Å². The van der Waals surface area contributed by atoms with Crippen molar-refractivity contribution in [1.29, 1.82) is 0 Å². The second-order valence-corrected chi connectivity index (χ2v) is 7.73. The Balaban J connectivity index is 0.000000339. The number of hydrogen-bond donors (Lipinski definition) is 3. The average molecular weight is 413 g/mol. The molecule has 0 saturated heterocycles. The van der Waals surface area contributed by atoms with Crippen molar-refractivity contribution < 1.29 is 9.50 Å². The summed E-state index contributed by atoms with van der Waals surface area (Å²) in [5.74, 6) is -0.607. The summed E-state index contributed by atoms with van der Waals surface area (Å²) in [5, 5.41) is 11.0. The summed E-state index contributed by atoms with van der Waals surface area (Å²) in [6, 6.07) is 7.49. The lowest BCUT2D eigenvalue weighted by atomic mass is 10.2. The fourth-order valence-corrected chi connectivity index (χ4v) is 4.06. The highest BCUT2D eigenvalue weighted by molar-refractivity contribution is 8.00. The number of anilines is 1. The molecule has 26 heavy (non-hydrogen) atoms. The van der Waals surface area contributed by atoms with Crippen LogP contribution in [0.25, 0.3) is 10.9 Å². The molecule has 2 aromatic carbocycles. The minimum absolute atomic E-state index is 0.109. The number of phenols is 1. The topological polar surface area (TPSA) is 48.0 Å². The Kier molecular flexibility index (Phi) is 6.57. The van der Waals surface area contributed by atoms with Gasteiger partial charge >= 0.3 is 0 Å². The number of aromatic hydroxyl groups is 1. The van der Waals surface area contributed by atoms with Crippen LogP contribution in [0, 0.1) is 5.82 Å². The molecule has 3 nitrogen and oxygen atoms in total. The number of fused-ring (bicyclic) bond motifs is 1. The molecule has 1 aliphatic carbocycles. The van der Waals surface area contributed by atoms with E-state index in [0.29, 0.717) is 14.9 Å². The van der Waals surface area contributed by atoms with Gasteiger partial charge < -0.3 is 14.8 Å². The van der Waals surface area contributed by atoms with E-state index >= 15 is 0 Å². The molecule has 1 saturated carbocycles. The predicted molar refractivity (Wildman–Crippen MR) is 109 cm³/mol. The average Bonchev–Trinajstić information content (AvgIpc) is 3.30. The molecular formula is C19H19Cl2FN2OS. The standard InChI is InChI=1S/C14H9Cl2FN2OS.C5H10/c15-8-2-3-11(14-13(8)9(16)6-18-14)19-21-12-4-1-7(20)5-10(12)17;1-2-4-5-3-1/h1-6,18-20H;1-5H2. The summed E-state index contributed by atoms with van der Waals surface area (Å²) in [4.78, 5) is 3.40. The van der Waals surface area contributed by atoms with E-state index in [1.54, 1.807) is 18.3 Å². The third-order valence-electron chi connectivity index (χ3n) is 4.17. The third kappa shape index (κ3) is 4.58. The lowest BCUT2D eigenvalue weighted by Crippen LogP contribution is -1.90. The Bertz CT molecular complexity index is 889. The molecule has 1 heterocycles. The van der Waals surface area contributed by atoms with Gasteiger partial charge in [-0.15, -0.1) is 0 Å². The van der Waals surface area contributed by atoms with Gasteiger partial charge in [0, 0.05) is 17.6 Å². The molecule has 0 unspecified atom stereocenters. The number of phenolic OH excluding ortho intramolecular Hbond substituents is 1. The van der Waals surface area contributed by atoms with Crippen molar-refractivity contribution in [2.24, 2.45) is 0 Å². The van der Waals surface area contributed by atoms with E-state index in [1.807, 2.05) is 0 Å². The van der Waals surface area contributed by atoms with E-state index in [1.165, 1.54) is 44.2 Å². The van der Waals surface area contributed by atoms with Gasteiger partial charge in [-0.05, 0) is 36.2 Å². The van der Waals surface area contributed by atoms with Crippen molar-refractivity contribution in [3.63, 3.8) is 0 Å². The summed E-state index contributed by atoms with van der Waals surface area (Å²) >= 11 is 13.3. The first-order valence-electron chi connectivity index (χ1n) is 8.42. The smallest absolute Gasteiger partial charge is 0.142 e. The van der Waals surface area contributed by atoms with Crippen molar-refractivity contribution in [2.45, 2.75) is 37.0 Å². The first-order valence-corrected chi connectivity index (χ1v) is 10.00. The zero-order valence-electron chi connectivity index (χ0n) is 14.0. The van der Waals surface area contributed by atoms with Crippen LogP contribution in [0.4, 0.5) is 10.1 Å². The maximum Gasteiger partial charge on any atom is 0.142 e. The SMILES string of the molecule is C1CCCC1.Oc1ccc(SNc2ccc(Cl)c3c(Cl)c[nH]c23)c(F)c1. The third-order valence-corrected chi connectivity index (χ3v) is 5.66. The Morgan fingerprint density at radius 1 is 1.00 bits per heavy atom. The minimum atomic E-state index is -0.498. The zero-order chi connectivity index (χ0) is 18.5. The second-order valence-electron chi connectivity index (χ2n) is 6.07. The Morgan fingerprint density at radius 2 is 1.69 bits per heavy atom. The number of nitrogens with one attached hydrogen (secondary N) is 2. The first-order chi connectivity index (χ1) is 12.6. The van der Waals surface area contributed by atoms with Gasteiger partial charge in [0.25, 0.3) is 0 Å². The number of rotatable bonds is 3. The van der Waals surface area contributed by atoms with Gasteiger partial charge in [-0.25, -0.2) is 4.39 Å². The van der Waals surface area contributed by atoms with Crippen LogP contribution in [0.5, 0.6) is 5.75 Å². The van der Waals surface area contributed by atoms with E-state index in [0.717, 1.165) is 34.6 Å². The molecule has 0 spiro atoms. The summed E-state index contributed by atoms with van der Waals surface area (Å²) < 4.78 is 16.7. The highest BCUT2D eigenvalue weighted by Crippen LogP contribution is 2.36. The van der Waals surface area contributed by atoms with Crippen molar-refractivity contribution in [3.05, 3.63) is 52.4 Å². The van der Waals surface area contributed by atoms with E-state index in [-0.39, 0.29) is 5.75 Å². The van der Waals surface area contributed by atoms with Crippen LogP contribution in [-0.2, 0) is 0 Å². The number of aromatic amines is 1. The Labute approximate surface area is 166 Å². The van der Waals surface area contributed by atoms with Crippen molar-refractivity contribution in [1.82, 2.24) is 4.98 Å². The number of benzene rings is 2. The van der Waals surface area contributed by atoms with Crippen molar-refractivity contribution in [3.8, 4) is 5.75 Å². The van der Waals surface area contributed by atoms with Crippen molar-refractivity contribution in [2.75, 3.05) is 4.72 Å². The van der Waals surface area contributed by atoms with Crippen molar-refractivity contribution >= 4 is 51.7 Å². The molecular weight excluding hydrogens is 394 g/mol. The minimum Gasteiger partial charge on any atom is -0.508 e. The van der Waals surface area contributed by atoms with Crippen LogP contribution in [0.15, 0.2) is 41.4 Å². The van der Waals surface area contributed by atoms with Crippen LogP contribution in [-0.4, -0.2) is 10.1 Å². The molecule has 0 bridgehead atoms. The van der Waals surface area contributed by atoms with Crippen LogP contribution in [0.1, 0.15) is 32.1 Å². The number of halogens is 3. The second kappa shape index (κ2) is 8.89. The van der Waals surface area contributed by atoms with Gasteiger partial charge in [0.05, 0.1) is 26.1 Å². The van der Waals surface area contributed by atoms with Gasteiger partial charge in [0.15, 0.2) is 0 Å². The summed E-state index contributed by atoms with van der Waals surface area (Å²) in [5.41, 5.74) is 1.48. The van der Waals surface area contributed by atoms with Gasteiger partial charge in [-0.1, -0.05) is 55.3 Å². The summed E-state index contributed by atoms with van der Waals surface area (Å²) in [7, 11) is 0. The van der Waals surface area contributed by atoms with Gasteiger partial charge in [-0.3, -0.25) is 0 Å². The van der Waals surface area contributed by atoms with E-state index in [2.05, 4.69) is 9.71 Å². The maximum atomic E-state index is 13.7.